The molecular weight excluding hydrogens is 527 g/mol. The number of aromatic nitrogens is 3. The van der Waals surface area contributed by atoms with Gasteiger partial charge in [-0.1, -0.05) is 25.6 Å². The zero-order chi connectivity index (χ0) is 21.6. The van der Waals surface area contributed by atoms with Gasteiger partial charge in [0.1, 0.15) is 5.82 Å². The summed E-state index contributed by atoms with van der Waals surface area (Å²) in [6.07, 6.45) is 5.99. The molecule has 1 aromatic rings. The number of hydrogen-bond donors (Lipinski definition) is 2. The molecule has 1 atom stereocenters. The molecule has 0 radical (unpaired) electrons. The molecule has 0 spiro atoms. The van der Waals surface area contributed by atoms with Gasteiger partial charge in [-0.15, -0.1) is 34.2 Å². The monoisotopic (exact) mass is 568 g/mol. The summed E-state index contributed by atoms with van der Waals surface area (Å²) in [6, 6.07) is 0. The molecule has 1 aromatic heterocycles. The average Bonchev–Trinajstić information content (AvgIpc) is 3.37. The molecular formula is C21H41IN6O2S. The van der Waals surface area contributed by atoms with Gasteiger partial charge in [0.2, 0.25) is 0 Å². The molecule has 0 bridgehead atoms. The number of hydrogen-bond acceptors (Lipinski definition) is 6. The van der Waals surface area contributed by atoms with Crippen LogP contribution in [0.2, 0.25) is 0 Å². The number of rotatable bonds is 14. The fourth-order valence-corrected chi connectivity index (χ4v) is 3.84. The van der Waals surface area contributed by atoms with Crippen molar-refractivity contribution in [1.29, 1.82) is 0 Å². The lowest BCUT2D eigenvalue weighted by molar-refractivity contribution is 0.0888. The Labute approximate surface area is 209 Å². The summed E-state index contributed by atoms with van der Waals surface area (Å²) < 4.78 is 13.4. The highest BCUT2D eigenvalue weighted by Gasteiger charge is 2.15. The first-order valence-electron chi connectivity index (χ1n) is 11.3. The van der Waals surface area contributed by atoms with E-state index in [-0.39, 0.29) is 24.0 Å². The van der Waals surface area contributed by atoms with E-state index < -0.39 is 0 Å². The van der Waals surface area contributed by atoms with Gasteiger partial charge in [-0.25, -0.2) is 0 Å². The maximum atomic E-state index is 5.76. The summed E-state index contributed by atoms with van der Waals surface area (Å²) in [5.41, 5.74) is 0. The molecule has 0 saturated carbocycles. The summed E-state index contributed by atoms with van der Waals surface area (Å²) >= 11 is 1.66. The summed E-state index contributed by atoms with van der Waals surface area (Å²) in [5.74, 6) is 3.08. The van der Waals surface area contributed by atoms with E-state index >= 15 is 0 Å². The molecule has 0 aliphatic carbocycles. The Bertz CT molecular complexity index is 623. The van der Waals surface area contributed by atoms with Crippen LogP contribution < -0.4 is 10.6 Å². The van der Waals surface area contributed by atoms with Gasteiger partial charge in [-0.2, -0.15) is 0 Å². The summed E-state index contributed by atoms with van der Waals surface area (Å²) in [7, 11) is 0. The quantitative estimate of drug-likeness (QED) is 0.117. The molecule has 10 heteroatoms. The Morgan fingerprint density at radius 3 is 2.84 bits per heavy atom. The maximum absolute atomic E-state index is 5.76. The smallest absolute Gasteiger partial charge is 0.191 e. The Morgan fingerprint density at radius 2 is 2.16 bits per heavy atom. The molecule has 1 aliphatic heterocycles. The van der Waals surface area contributed by atoms with Crippen molar-refractivity contribution in [1.82, 2.24) is 25.4 Å². The van der Waals surface area contributed by atoms with E-state index in [4.69, 9.17) is 14.5 Å². The summed E-state index contributed by atoms with van der Waals surface area (Å²) in [6.45, 7) is 13.3. The van der Waals surface area contributed by atoms with E-state index in [0.717, 1.165) is 95.2 Å². The summed E-state index contributed by atoms with van der Waals surface area (Å²) in [4.78, 5) is 4.70. The number of nitrogens with one attached hydrogen (secondary N) is 2. The van der Waals surface area contributed by atoms with Crippen LogP contribution in [-0.4, -0.2) is 73.0 Å². The van der Waals surface area contributed by atoms with E-state index in [1.54, 1.807) is 11.8 Å². The molecule has 1 fully saturated rings. The van der Waals surface area contributed by atoms with Crippen molar-refractivity contribution < 1.29 is 9.47 Å². The molecule has 8 nitrogen and oxygen atoms in total. The Morgan fingerprint density at radius 1 is 1.32 bits per heavy atom. The zero-order valence-corrected chi connectivity index (χ0v) is 22.7. The van der Waals surface area contributed by atoms with Crippen LogP contribution in [0.15, 0.2) is 10.1 Å². The Balaban J connectivity index is 0.00000480. The second kappa shape index (κ2) is 17.0. The zero-order valence-electron chi connectivity index (χ0n) is 19.6. The Hall–Kier alpha value is -0.590. The number of nitrogens with zero attached hydrogens (tertiary/aromatic N) is 4. The summed E-state index contributed by atoms with van der Waals surface area (Å²) in [5, 5.41) is 16.4. The molecule has 0 amide bonds. The molecule has 2 heterocycles. The van der Waals surface area contributed by atoms with Crippen LogP contribution in [0.4, 0.5) is 0 Å². The van der Waals surface area contributed by atoms with Gasteiger partial charge in [-0.05, 0) is 38.4 Å². The van der Waals surface area contributed by atoms with E-state index in [1.165, 1.54) is 0 Å². The van der Waals surface area contributed by atoms with Gasteiger partial charge in [-0.3, -0.25) is 4.99 Å². The minimum absolute atomic E-state index is 0. The van der Waals surface area contributed by atoms with Gasteiger partial charge < -0.3 is 24.7 Å². The second-order valence-electron chi connectivity index (χ2n) is 8.06. The second-order valence-corrected chi connectivity index (χ2v) is 8.83. The van der Waals surface area contributed by atoms with Crippen LogP contribution in [0, 0.1) is 11.8 Å². The van der Waals surface area contributed by atoms with Crippen LogP contribution in [0.3, 0.4) is 0 Å². The SMILES string of the molecule is CCNC(=NCCCc1nnc(SC)n1CC(C)C)NCCCOCC1CCOC1.I. The van der Waals surface area contributed by atoms with E-state index in [0.29, 0.717) is 11.8 Å². The normalized spacial score (nSPS) is 16.5. The van der Waals surface area contributed by atoms with Gasteiger partial charge in [0.15, 0.2) is 11.1 Å². The molecule has 2 rings (SSSR count). The van der Waals surface area contributed by atoms with Crippen molar-refractivity contribution in [2.75, 3.05) is 52.3 Å². The number of halogens is 1. The minimum atomic E-state index is 0. The van der Waals surface area contributed by atoms with Crippen molar-refractivity contribution >= 4 is 41.7 Å². The molecule has 1 aliphatic rings. The predicted octanol–water partition coefficient (Wildman–Crippen LogP) is 3.20. The fraction of sp³-hybridized carbons (Fsp3) is 0.857. The fourth-order valence-electron chi connectivity index (χ4n) is 3.32. The molecule has 1 saturated heterocycles. The first kappa shape index (κ1) is 28.4. The third kappa shape index (κ3) is 11.2. The van der Waals surface area contributed by atoms with Crippen LogP contribution in [-0.2, 0) is 22.4 Å². The van der Waals surface area contributed by atoms with Crippen molar-refractivity contribution in [3.63, 3.8) is 0 Å². The van der Waals surface area contributed by atoms with Crippen LogP contribution in [0.1, 0.15) is 45.9 Å². The highest BCUT2D eigenvalue weighted by atomic mass is 127. The number of thioether (sulfide) groups is 1. The van der Waals surface area contributed by atoms with Crippen molar-refractivity contribution in [2.45, 2.75) is 58.2 Å². The third-order valence-electron chi connectivity index (χ3n) is 4.83. The molecule has 31 heavy (non-hydrogen) atoms. The van der Waals surface area contributed by atoms with Crippen molar-refractivity contribution in [3.8, 4) is 0 Å². The molecule has 180 valence electrons. The topological polar surface area (TPSA) is 85.6 Å². The van der Waals surface area contributed by atoms with Gasteiger partial charge in [0.05, 0.1) is 13.2 Å². The third-order valence-corrected chi connectivity index (χ3v) is 5.50. The standard InChI is InChI=1S/C21H40N6O2S.HI/c1-5-22-20(24-11-7-12-28-15-18-9-13-29-16-18)23-10-6-8-19-25-26-21(30-4)27(19)14-17(2)3;/h17-18H,5-16H2,1-4H3,(H2,22,23,24);1H. The van der Waals surface area contributed by atoms with Gasteiger partial charge in [0.25, 0.3) is 0 Å². The average molecular weight is 569 g/mol. The largest absolute Gasteiger partial charge is 0.381 e. The lowest BCUT2D eigenvalue weighted by Gasteiger charge is -2.13. The van der Waals surface area contributed by atoms with Gasteiger partial charge in [0, 0.05) is 51.7 Å². The van der Waals surface area contributed by atoms with E-state index in [9.17, 15) is 0 Å². The highest BCUT2D eigenvalue weighted by molar-refractivity contribution is 14.0. The molecule has 2 N–H and O–H groups in total. The maximum Gasteiger partial charge on any atom is 0.191 e. The van der Waals surface area contributed by atoms with Crippen LogP contribution >= 0.6 is 35.7 Å². The van der Waals surface area contributed by atoms with E-state index in [2.05, 4.69) is 52.4 Å². The molecule has 0 aromatic carbocycles. The van der Waals surface area contributed by atoms with Crippen molar-refractivity contribution in [2.24, 2.45) is 16.8 Å². The van der Waals surface area contributed by atoms with E-state index in [1.807, 2.05) is 0 Å². The predicted molar refractivity (Wildman–Crippen MR) is 139 cm³/mol. The number of ether oxygens (including phenoxy) is 2. The first-order valence-corrected chi connectivity index (χ1v) is 12.5. The Kier molecular flexibility index (Phi) is 15.6. The number of aliphatic imine (C=N–C) groups is 1. The lowest BCUT2D eigenvalue weighted by Crippen LogP contribution is -2.38. The number of guanidine groups is 1. The number of aryl methyl sites for hydroxylation is 1. The first-order chi connectivity index (χ1) is 14.6. The van der Waals surface area contributed by atoms with Gasteiger partial charge >= 0.3 is 0 Å². The van der Waals surface area contributed by atoms with Crippen molar-refractivity contribution in [3.05, 3.63) is 5.82 Å². The van der Waals surface area contributed by atoms with Crippen LogP contribution in [0.5, 0.6) is 0 Å². The lowest BCUT2D eigenvalue weighted by atomic mass is 10.1. The van der Waals surface area contributed by atoms with Crippen LogP contribution in [0.25, 0.3) is 0 Å². The highest BCUT2D eigenvalue weighted by Crippen LogP contribution is 2.16. The minimum Gasteiger partial charge on any atom is -0.381 e. The molecule has 1 unspecified atom stereocenters.